The van der Waals surface area contributed by atoms with Crippen LogP contribution in [0.15, 0.2) is 42.5 Å². The van der Waals surface area contributed by atoms with Crippen LogP contribution in [-0.4, -0.2) is 20.0 Å². The Hall–Kier alpha value is -2.43. The number of nitrogens with one attached hydrogen (secondary N) is 1. The van der Waals surface area contributed by atoms with Gasteiger partial charge in [0.1, 0.15) is 11.6 Å². The van der Waals surface area contributed by atoms with Crippen LogP contribution in [0.3, 0.4) is 0 Å². The van der Waals surface area contributed by atoms with Crippen molar-refractivity contribution in [2.24, 2.45) is 0 Å². The molecule has 0 radical (unpaired) electrons. The highest BCUT2D eigenvalue weighted by atomic mass is 19.1. The van der Waals surface area contributed by atoms with Crippen molar-refractivity contribution in [1.82, 2.24) is 5.32 Å². The van der Waals surface area contributed by atoms with Gasteiger partial charge in [-0.15, -0.1) is 0 Å². The minimum atomic E-state index is -0.865. The third-order valence-electron chi connectivity index (χ3n) is 3.08. The molecule has 1 N–H and O–H groups in total. The molecule has 21 heavy (non-hydrogen) atoms. The van der Waals surface area contributed by atoms with Gasteiger partial charge in [-0.1, -0.05) is 12.1 Å². The van der Waals surface area contributed by atoms with E-state index in [9.17, 15) is 13.6 Å². The number of amides is 1. The van der Waals surface area contributed by atoms with E-state index in [1.165, 1.54) is 0 Å². The number of halogens is 2. The number of carbonyl (C=O) groups excluding carboxylic acids is 1. The predicted octanol–water partition coefficient (Wildman–Crippen LogP) is 2.96. The van der Waals surface area contributed by atoms with Crippen molar-refractivity contribution in [1.29, 1.82) is 0 Å². The molecule has 2 rings (SSSR count). The second kappa shape index (κ2) is 6.35. The highest BCUT2D eigenvalue weighted by molar-refractivity contribution is 5.94. The summed E-state index contributed by atoms with van der Waals surface area (Å²) in [4.78, 5) is 13.8. The summed E-state index contributed by atoms with van der Waals surface area (Å²) in [6.45, 7) is 0.281. The van der Waals surface area contributed by atoms with Crippen molar-refractivity contribution in [3.05, 3.63) is 65.2 Å². The summed E-state index contributed by atoms with van der Waals surface area (Å²) in [6, 6.07) is 10.5. The van der Waals surface area contributed by atoms with Crippen LogP contribution in [0.5, 0.6) is 0 Å². The summed E-state index contributed by atoms with van der Waals surface area (Å²) in [5.41, 5.74) is 1.78. The van der Waals surface area contributed by atoms with E-state index in [1.807, 2.05) is 43.3 Å². The smallest absolute Gasteiger partial charge is 0.254 e. The number of nitrogens with zero attached hydrogens (tertiary/aromatic N) is 1. The highest BCUT2D eigenvalue weighted by Gasteiger charge is 2.12. The highest BCUT2D eigenvalue weighted by Crippen LogP contribution is 2.13. The minimum Gasteiger partial charge on any atom is -0.378 e. The summed E-state index contributed by atoms with van der Waals surface area (Å²) in [5.74, 6) is -2.14. The van der Waals surface area contributed by atoms with E-state index in [0.29, 0.717) is 6.07 Å². The number of carbonyl (C=O) groups is 1. The lowest BCUT2D eigenvalue weighted by atomic mass is 10.1. The van der Waals surface area contributed by atoms with Crippen LogP contribution in [-0.2, 0) is 6.54 Å². The Morgan fingerprint density at radius 1 is 1.10 bits per heavy atom. The summed E-state index contributed by atoms with van der Waals surface area (Å²) < 4.78 is 26.3. The Balaban J connectivity index is 2.00. The molecule has 0 aliphatic rings. The Kier molecular flexibility index (Phi) is 4.52. The van der Waals surface area contributed by atoms with Crippen LogP contribution >= 0.6 is 0 Å². The van der Waals surface area contributed by atoms with Crippen molar-refractivity contribution >= 4 is 11.6 Å². The van der Waals surface area contributed by atoms with Gasteiger partial charge in [0.05, 0.1) is 5.56 Å². The normalized spacial score (nSPS) is 10.3. The number of hydrogen-bond donors (Lipinski definition) is 1. The van der Waals surface area contributed by atoms with Gasteiger partial charge < -0.3 is 10.2 Å². The van der Waals surface area contributed by atoms with Crippen molar-refractivity contribution in [2.45, 2.75) is 6.54 Å². The van der Waals surface area contributed by atoms with Crippen LogP contribution in [0.2, 0.25) is 0 Å². The average Bonchev–Trinajstić information content (AvgIpc) is 2.45. The maximum atomic E-state index is 13.5. The first-order chi connectivity index (χ1) is 9.97. The van der Waals surface area contributed by atoms with Gasteiger partial charge in [0.15, 0.2) is 0 Å². The lowest BCUT2D eigenvalue weighted by molar-refractivity contribution is 0.0947. The van der Waals surface area contributed by atoms with E-state index < -0.39 is 17.5 Å². The van der Waals surface area contributed by atoms with Gasteiger partial charge in [-0.05, 0) is 29.8 Å². The molecule has 0 saturated heterocycles. The second-order valence-corrected chi connectivity index (χ2v) is 4.87. The van der Waals surface area contributed by atoms with Crippen LogP contribution in [0.1, 0.15) is 15.9 Å². The molecule has 0 spiro atoms. The van der Waals surface area contributed by atoms with Crippen LogP contribution < -0.4 is 10.2 Å². The van der Waals surface area contributed by atoms with Crippen molar-refractivity contribution < 1.29 is 13.6 Å². The van der Waals surface area contributed by atoms with Crippen molar-refractivity contribution in [3.63, 3.8) is 0 Å². The fraction of sp³-hybridized carbons (Fsp3) is 0.188. The Labute approximate surface area is 122 Å². The number of benzene rings is 2. The van der Waals surface area contributed by atoms with E-state index in [2.05, 4.69) is 5.32 Å². The molecule has 0 aliphatic carbocycles. The van der Waals surface area contributed by atoms with E-state index >= 15 is 0 Å². The fourth-order valence-electron chi connectivity index (χ4n) is 1.86. The fourth-order valence-corrected chi connectivity index (χ4v) is 1.86. The summed E-state index contributed by atoms with van der Waals surface area (Å²) in [5, 5.41) is 2.61. The first-order valence-electron chi connectivity index (χ1n) is 6.47. The quantitative estimate of drug-likeness (QED) is 0.939. The molecule has 0 unspecified atom stereocenters. The number of anilines is 1. The van der Waals surface area contributed by atoms with Gasteiger partial charge in [-0.2, -0.15) is 0 Å². The van der Waals surface area contributed by atoms with E-state index in [0.717, 1.165) is 23.4 Å². The number of hydrogen-bond acceptors (Lipinski definition) is 2. The molecule has 3 nitrogen and oxygen atoms in total. The Bertz CT molecular complexity index is 639. The minimum absolute atomic E-state index is 0.165. The zero-order valence-corrected chi connectivity index (χ0v) is 11.9. The zero-order valence-electron chi connectivity index (χ0n) is 11.9. The van der Waals surface area contributed by atoms with E-state index in [4.69, 9.17) is 0 Å². The van der Waals surface area contributed by atoms with Gasteiger partial charge in [0, 0.05) is 32.4 Å². The first-order valence-corrected chi connectivity index (χ1v) is 6.47. The van der Waals surface area contributed by atoms with Gasteiger partial charge >= 0.3 is 0 Å². The zero-order chi connectivity index (χ0) is 15.4. The maximum absolute atomic E-state index is 13.5. The van der Waals surface area contributed by atoms with Crippen LogP contribution in [0.25, 0.3) is 0 Å². The van der Waals surface area contributed by atoms with Crippen LogP contribution in [0, 0.1) is 11.6 Å². The lowest BCUT2D eigenvalue weighted by Crippen LogP contribution is -2.24. The summed E-state index contributed by atoms with van der Waals surface area (Å²) in [7, 11) is 3.88. The second-order valence-electron chi connectivity index (χ2n) is 4.87. The molecule has 0 heterocycles. The topological polar surface area (TPSA) is 32.3 Å². The van der Waals surface area contributed by atoms with Crippen molar-refractivity contribution in [2.75, 3.05) is 19.0 Å². The van der Waals surface area contributed by atoms with E-state index in [1.54, 1.807) is 0 Å². The maximum Gasteiger partial charge on any atom is 0.254 e. The molecule has 0 atom stereocenters. The molecule has 1 amide bonds. The van der Waals surface area contributed by atoms with Gasteiger partial charge in [-0.3, -0.25) is 4.79 Å². The third-order valence-corrected chi connectivity index (χ3v) is 3.08. The molecule has 0 bridgehead atoms. The molecule has 2 aromatic carbocycles. The lowest BCUT2D eigenvalue weighted by Gasteiger charge is -2.13. The molecular weight excluding hydrogens is 274 g/mol. The number of rotatable bonds is 4. The molecule has 0 saturated carbocycles. The largest absolute Gasteiger partial charge is 0.378 e. The molecule has 5 heteroatoms. The van der Waals surface area contributed by atoms with Gasteiger partial charge in [0.25, 0.3) is 5.91 Å². The molecular formula is C16H16F2N2O. The molecule has 110 valence electrons. The molecule has 0 aromatic heterocycles. The monoisotopic (exact) mass is 290 g/mol. The molecule has 2 aromatic rings. The average molecular weight is 290 g/mol. The summed E-state index contributed by atoms with van der Waals surface area (Å²) >= 11 is 0. The van der Waals surface area contributed by atoms with E-state index in [-0.39, 0.29) is 12.1 Å². The van der Waals surface area contributed by atoms with Gasteiger partial charge in [-0.25, -0.2) is 8.78 Å². The summed E-state index contributed by atoms with van der Waals surface area (Å²) in [6.07, 6.45) is 0. The first kappa shape index (κ1) is 15.0. The SMILES string of the molecule is CN(C)c1ccc(CNC(=O)c2ccc(F)cc2F)cc1. The Morgan fingerprint density at radius 3 is 2.33 bits per heavy atom. The molecule has 0 aliphatic heterocycles. The Morgan fingerprint density at radius 2 is 1.76 bits per heavy atom. The standard InChI is InChI=1S/C16H16F2N2O/c1-20(2)13-6-3-11(4-7-13)10-19-16(21)14-8-5-12(17)9-15(14)18/h3-9H,10H2,1-2H3,(H,19,21). The van der Waals surface area contributed by atoms with Crippen LogP contribution in [0.4, 0.5) is 14.5 Å². The van der Waals surface area contributed by atoms with Crippen molar-refractivity contribution in [3.8, 4) is 0 Å². The molecule has 0 fully saturated rings. The van der Waals surface area contributed by atoms with Gasteiger partial charge in [0.2, 0.25) is 0 Å². The third kappa shape index (κ3) is 3.78. The predicted molar refractivity (Wildman–Crippen MR) is 78.3 cm³/mol.